The minimum atomic E-state index is -1.56. The molecule has 0 aromatic carbocycles. The Morgan fingerprint density at radius 2 is 2.00 bits per heavy atom. The SMILES string of the molecule is CCCCC[C@](O)(C#C[Si](C)(C)C)/C=C\C/C=C/CC[C@H](C(=O)O)[C@H]1CCCC1=O. The third kappa shape index (κ3) is 10.4. The number of carbonyl (C=O) groups excluding carboxylic acids is 1. The van der Waals surface area contributed by atoms with Crippen LogP contribution in [0.3, 0.4) is 0 Å². The quantitative estimate of drug-likeness (QED) is 0.184. The summed E-state index contributed by atoms with van der Waals surface area (Å²) in [5.41, 5.74) is 2.22. The Labute approximate surface area is 183 Å². The van der Waals surface area contributed by atoms with Crippen molar-refractivity contribution in [1.29, 1.82) is 0 Å². The van der Waals surface area contributed by atoms with Crippen LogP contribution in [-0.2, 0) is 9.59 Å². The molecule has 0 radical (unpaired) electrons. The zero-order chi connectivity index (χ0) is 22.6. The molecule has 2 N–H and O–H groups in total. The van der Waals surface area contributed by atoms with Gasteiger partial charge in [0, 0.05) is 12.3 Å². The van der Waals surface area contributed by atoms with Crippen molar-refractivity contribution in [1.82, 2.24) is 0 Å². The molecule has 4 nitrogen and oxygen atoms in total. The van der Waals surface area contributed by atoms with Crippen LogP contribution in [0, 0.1) is 23.3 Å². The lowest BCUT2D eigenvalue weighted by Crippen LogP contribution is -2.26. The molecule has 0 heterocycles. The molecule has 1 fully saturated rings. The van der Waals surface area contributed by atoms with Crippen molar-refractivity contribution in [3.63, 3.8) is 0 Å². The maximum Gasteiger partial charge on any atom is 0.307 e. The van der Waals surface area contributed by atoms with Gasteiger partial charge in [-0.25, -0.2) is 0 Å². The van der Waals surface area contributed by atoms with Gasteiger partial charge in [-0.2, -0.15) is 0 Å². The number of ketones is 1. The Bertz CT molecular complexity index is 677. The highest BCUT2D eigenvalue weighted by Crippen LogP contribution is 2.31. The number of Topliss-reactive ketones (excluding diaryl/α,β-unsaturated/α-hetero) is 1. The molecular weight excluding hydrogens is 392 g/mol. The van der Waals surface area contributed by atoms with Gasteiger partial charge in [0.05, 0.1) is 5.92 Å². The molecule has 30 heavy (non-hydrogen) atoms. The summed E-state index contributed by atoms with van der Waals surface area (Å²) in [7, 11) is -1.56. The average molecular weight is 433 g/mol. The topological polar surface area (TPSA) is 74.6 Å². The van der Waals surface area contributed by atoms with E-state index in [4.69, 9.17) is 0 Å². The van der Waals surface area contributed by atoms with Gasteiger partial charge in [0.25, 0.3) is 0 Å². The summed E-state index contributed by atoms with van der Waals surface area (Å²) in [6.07, 6.45) is 15.4. The minimum absolute atomic E-state index is 0.107. The number of carboxylic acid groups (broad SMARTS) is 1. The standard InChI is InChI=1S/C25H40O4Si/c1-5-6-11-17-25(29,19-20-30(2,3)4)18-12-9-7-8-10-14-22(24(27)28)21-15-13-16-23(21)26/h7-8,12,18,21-22,29H,5-6,9-11,13-17H2,1-4H3,(H,27,28)/b8-7+,18-12-/t21-,22+,25-/m1/s1. The Morgan fingerprint density at radius 3 is 2.57 bits per heavy atom. The van der Waals surface area contributed by atoms with Crippen molar-refractivity contribution in [3.05, 3.63) is 24.3 Å². The van der Waals surface area contributed by atoms with Gasteiger partial charge in [0.15, 0.2) is 0 Å². The smallest absolute Gasteiger partial charge is 0.307 e. The number of rotatable bonds is 12. The van der Waals surface area contributed by atoms with Crippen molar-refractivity contribution in [2.75, 3.05) is 0 Å². The van der Waals surface area contributed by atoms with Gasteiger partial charge in [-0.05, 0) is 51.0 Å². The van der Waals surface area contributed by atoms with Gasteiger partial charge < -0.3 is 10.2 Å². The lowest BCUT2D eigenvalue weighted by molar-refractivity contribution is -0.146. The zero-order valence-corrected chi connectivity index (χ0v) is 20.2. The first-order chi connectivity index (χ1) is 14.1. The van der Waals surface area contributed by atoms with Crippen molar-refractivity contribution in [2.24, 2.45) is 11.8 Å². The number of hydrogen-bond donors (Lipinski definition) is 2. The van der Waals surface area contributed by atoms with Gasteiger partial charge in [-0.3, -0.25) is 9.59 Å². The van der Waals surface area contributed by atoms with Crippen molar-refractivity contribution >= 4 is 19.8 Å². The van der Waals surface area contributed by atoms with Crippen LogP contribution in [0.2, 0.25) is 19.6 Å². The molecule has 0 saturated heterocycles. The largest absolute Gasteiger partial charge is 0.481 e. The van der Waals surface area contributed by atoms with Crippen molar-refractivity contribution in [3.8, 4) is 11.5 Å². The van der Waals surface area contributed by atoms with E-state index in [9.17, 15) is 19.8 Å². The fourth-order valence-corrected chi connectivity index (χ4v) is 4.32. The molecule has 0 unspecified atom stereocenters. The van der Waals surface area contributed by atoms with E-state index in [1.165, 1.54) is 0 Å². The number of hydrogen-bond acceptors (Lipinski definition) is 3. The van der Waals surface area contributed by atoms with Crippen LogP contribution in [0.4, 0.5) is 0 Å². The minimum Gasteiger partial charge on any atom is -0.481 e. The predicted octanol–water partition coefficient (Wildman–Crippen LogP) is 5.53. The molecule has 0 spiro atoms. The molecule has 0 aromatic rings. The molecule has 1 aliphatic carbocycles. The first-order valence-electron chi connectivity index (χ1n) is 11.4. The maximum absolute atomic E-state index is 11.9. The number of aliphatic hydroxyl groups is 1. The second-order valence-electron chi connectivity index (χ2n) is 9.48. The van der Waals surface area contributed by atoms with E-state index in [1.807, 2.05) is 24.3 Å². The molecule has 5 heteroatoms. The third-order valence-electron chi connectivity index (χ3n) is 5.45. The van der Waals surface area contributed by atoms with Crippen LogP contribution in [0.15, 0.2) is 24.3 Å². The second kappa shape index (κ2) is 12.9. The second-order valence-corrected chi connectivity index (χ2v) is 14.2. The predicted molar refractivity (Wildman–Crippen MR) is 126 cm³/mol. The average Bonchev–Trinajstić information content (AvgIpc) is 3.07. The highest BCUT2D eigenvalue weighted by molar-refractivity contribution is 6.83. The zero-order valence-electron chi connectivity index (χ0n) is 19.2. The summed E-state index contributed by atoms with van der Waals surface area (Å²) >= 11 is 0. The summed E-state index contributed by atoms with van der Waals surface area (Å²) < 4.78 is 0. The Hall–Kier alpha value is -1.64. The summed E-state index contributed by atoms with van der Waals surface area (Å²) in [6.45, 7) is 8.65. The van der Waals surface area contributed by atoms with Gasteiger partial charge in [0.2, 0.25) is 0 Å². The van der Waals surface area contributed by atoms with Crippen LogP contribution in [0.25, 0.3) is 0 Å². The third-order valence-corrected chi connectivity index (χ3v) is 6.32. The van der Waals surface area contributed by atoms with E-state index in [1.54, 1.807) is 0 Å². The normalized spacial score (nSPS) is 20.3. The Morgan fingerprint density at radius 1 is 1.27 bits per heavy atom. The fraction of sp³-hybridized carbons (Fsp3) is 0.680. The van der Waals surface area contributed by atoms with Gasteiger partial charge in [-0.1, -0.05) is 63.6 Å². The van der Waals surface area contributed by atoms with E-state index >= 15 is 0 Å². The Kier molecular flexibility index (Phi) is 11.4. The number of aliphatic carboxylic acids is 1. The van der Waals surface area contributed by atoms with E-state index in [0.29, 0.717) is 38.5 Å². The summed E-state index contributed by atoms with van der Waals surface area (Å²) in [5, 5.41) is 20.4. The molecule has 0 amide bonds. The molecule has 1 aliphatic rings. The lowest BCUT2D eigenvalue weighted by atomic mass is 9.86. The number of carboxylic acids is 1. The summed E-state index contributed by atoms with van der Waals surface area (Å²) in [4.78, 5) is 23.4. The fourth-order valence-electron chi connectivity index (χ4n) is 3.72. The van der Waals surface area contributed by atoms with Crippen LogP contribution in [0.1, 0.15) is 71.1 Å². The molecule has 168 valence electrons. The van der Waals surface area contributed by atoms with Gasteiger partial charge >= 0.3 is 5.97 Å². The first-order valence-corrected chi connectivity index (χ1v) is 14.9. The lowest BCUT2D eigenvalue weighted by Gasteiger charge is -2.19. The van der Waals surface area contributed by atoms with Crippen LogP contribution in [0.5, 0.6) is 0 Å². The number of unbranched alkanes of at least 4 members (excludes halogenated alkanes) is 2. The van der Waals surface area contributed by atoms with E-state index in [-0.39, 0.29) is 11.7 Å². The Balaban J connectivity index is 2.57. The molecule has 1 rings (SSSR count). The molecule has 1 saturated carbocycles. The number of allylic oxidation sites excluding steroid dienone is 3. The van der Waals surface area contributed by atoms with Crippen LogP contribution < -0.4 is 0 Å². The van der Waals surface area contributed by atoms with E-state index in [2.05, 4.69) is 38.0 Å². The molecule has 0 aliphatic heterocycles. The molecule has 0 bridgehead atoms. The molecule has 0 aromatic heterocycles. The van der Waals surface area contributed by atoms with Gasteiger partial charge in [0.1, 0.15) is 19.5 Å². The highest BCUT2D eigenvalue weighted by Gasteiger charge is 2.35. The van der Waals surface area contributed by atoms with Crippen molar-refractivity contribution < 1.29 is 19.8 Å². The van der Waals surface area contributed by atoms with Gasteiger partial charge in [-0.15, -0.1) is 5.54 Å². The van der Waals surface area contributed by atoms with E-state index < -0.39 is 25.6 Å². The van der Waals surface area contributed by atoms with E-state index in [0.717, 1.165) is 25.7 Å². The summed E-state index contributed by atoms with van der Waals surface area (Å²) in [6, 6.07) is 0. The number of carbonyl (C=O) groups is 2. The monoisotopic (exact) mass is 432 g/mol. The maximum atomic E-state index is 11.9. The molecular formula is C25H40O4Si. The summed E-state index contributed by atoms with van der Waals surface area (Å²) in [5.74, 6) is 1.49. The highest BCUT2D eigenvalue weighted by atomic mass is 28.3. The first kappa shape index (κ1) is 26.4. The van der Waals surface area contributed by atoms with Crippen LogP contribution in [-0.4, -0.2) is 35.6 Å². The van der Waals surface area contributed by atoms with Crippen molar-refractivity contribution in [2.45, 2.75) is 96.4 Å². The molecule has 3 atom stereocenters. The van der Waals surface area contributed by atoms with Crippen LogP contribution >= 0.6 is 0 Å².